The van der Waals surface area contributed by atoms with Crippen molar-refractivity contribution < 1.29 is 23.1 Å². The third-order valence-corrected chi connectivity index (χ3v) is 4.17. The van der Waals surface area contributed by atoms with Gasteiger partial charge in [0.25, 0.3) is 0 Å². The molecule has 22 heavy (non-hydrogen) atoms. The number of carboxylic acids is 1. The van der Waals surface area contributed by atoms with Crippen molar-refractivity contribution in [3.05, 3.63) is 65.7 Å². The van der Waals surface area contributed by atoms with Gasteiger partial charge in [-0.2, -0.15) is 13.2 Å². The standard InChI is InChI=1S/C16H13F3O2S/c17-16(18,19)12-6-4-5-11(9-12)10-14(15(20)21)22-13-7-2-1-3-8-13/h1-9,14H,10H2,(H,20,21)/t14-/m0/s1. The maximum Gasteiger partial charge on any atom is 0.416 e. The van der Waals surface area contributed by atoms with Gasteiger partial charge in [0.1, 0.15) is 5.25 Å². The molecule has 0 aliphatic carbocycles. The van der Waals surface area contributed by atoms with Crippen LogP contribution in [0.25, 0.3) is 0 Å². The Balaban J connectivity index is 2.16. The van der Waals surface area contributed by atoms with Crippen molar-refractivity contribution in [2.75, 3.05) is 0 Å². The molecule has 2 rings (SSSR count). The molecule has 0 heterocycles. The summed E-state index contributed by atoms with van der Waals surface area (Å²) in [6, 6.07) is 13.7. The second-order valence-electron chi connectivity index (χ2n) is 4.66. The van der Waals surface area contributed by atoms with Crippen LogP contribution in [0.4, 0.5) is 13.2 Å². The van der Waals surface area contributed by atoms with E-state index in [2.05, 4.69) is 0 Å². The molecule has 0 saturated heterocycles. The molecular weight excluding hydrogens is 313 g/mol. The summed E-state index contributed by atoms with van der Waals surface area (Å²) in [7, 11) is 0. The van der Waals surface area contributed by atoms with E-state index in [-0.39, 0.29) is 6.42 Å². The molecule has 6 heteroatoms. The molecule has 2 aromatic rings. The Morgan fingerprint density at radius 3 is 2.36 bits per heavy atom. The SMILES string of the molecule is O=C(O)[C@H](Cc1cccc(C(F)(F)F)c1)Sc1ccccc1. The maximum atomic E-state index is 12.7. The van der Waals surface area contributed by atoms with Gasteiger partial charge in [0.15, 0.2) is 0 Å². The molecule has 0 bridgehead atoms. The highest BCUT2D eigenvalue weighted by molar-refractivity contribution is 8.00. The molecular formula is C16H13F3O2S. The predicted octanol–water partition coefficient (Wildman–Crippen LogP) is 4.49. The predicted molar refractivity (Wildman–Crippen MR) is 78.9 cm³/mol. The number of alkyl halides is 3. The van der Waals surface area contributed by atoms with Crippen LogP contribution in [0.3, 0.4) is 0 Å². The lowest BCUT2D eigenvalue weighted by molar-refractivity contribution is -0.137. The number of carboxylic acid groups (broad SMARTS) is 1. The van der Waals surface area contributed by atoms with Gasteiger partial charge in [0.2, 0.25) is 0 Å². The molecule has 0 saturated carbocycles. The van der Waals surface area contributed by atoms with Crippen LogP contribution in [0.15, 0.2) is 59.5 Å². The first-order valence-corrected chi connectivity index (χ1v) is 7.35. The zero-order valence-corrected chi connectivity index (χ0v) is 12.2. The van der Waals surface area contributed by atoms with Crippen molar-refractivity contribution >= 4 is 17.7 Å². The highest BCUT2D eigenvalue weighted by atomic mass is 32.2. The molecule has 0 radical (unpaired) electrons. The van der Waals surface area contributed by atoms with Gasteiger partial charge in [-0.05, 0) is 30.2 Å². The van der Waals surface area contributed by atoms with Crippen molar-refractivity contribution in [2.24, 2.45) is 0 Å². The Kier molecular flexibility index (Phi) is 5.13. The van der Waals surface area contributed by atoms with E-state index >= 15 is 0 Å². The summed E-state index contributed by atoms with van der Waals surface area (Å²) >= 11 is 1.12. The summed E-state index contributed by atoms with van der Waals surface area (Å²) in [4.78, 5) is 12.1. The lowest BCUT2D eigenvalue weighted by atomic mass is 10.1. The van der Waals surface area contributed by atoms with E-state index in [4.69, 9.17) is 0 Å². The highest BCUT2D eigenvalue weighted by Gasteiger charge is 2.30. The number of halogens is 3. The normalized spacial score (nSPS) is 12.9. The van der Waals surface area contributed by atoms with Crippen molar-refractivity contribution in [2.45, 2.75) is 22.7 Å². The van der Waals surface area contributed by atoms with Crippen LogP contribution in [0.5, 0.6) is 0 Å². The molecule has 2 aromatic carbocycles. The van der Waals surface area contributed by atoms with E-state index in [0.717, 1.165) is 28.8 Å². The minimum atomic E-state index is -4.43. The summed E-state index contributed by atoms with van der Waals surface area (Å²) in [5.41, 5.74) is -0.412. The van der Waals surface area contributed by atoms with Gasteiger partial charge >= 0.3 is 12.1 Å². The van der Waals surface area contributed by atoms with Gasteiger partial charge in [-0.1, -0.05) is 36.4 Å². The lowest BCUT2D eigenvalue weighted by Crippen LogP contribution is -2.19. The summed E-state index contributed by atoms with van der Waals surface area (Å²) in [5.74, 6) is -1.05. The van der Waals surface area contributed by atoms with E-state index in [0.29, 0.717) is 5.56 Å². The van der Waals surface area contributed by atoms with Crippen LogP contribution in [0.2, 0.25) is 0 Å². The molecule has 0 unspecified atom stereocenters. The third kappa shape index (κ3) is 4.53. The number of carbonyl (C=O) groups is 1. The van der Waals surface area contributed by atoms with Crippen molar-refractivity contribution in [3.8, 4) is 0 Å². The number of hydrogen-bond acceptors (Lipinski definition) is 2. The number of thioether (sulfide) groups is 1. The number of rotatable bonds is 5. The average Bonchev–Trinajstić information content (AvgIpc) is 2.47. The first-order valence-electron chi connectivity index (χ1n) is 6.47. The molecule has 0 spiro atoms. The van der Waals surface area contributed by atoms with Gasteiger partial charge in [0.05, 0.1) is 5.56 Å². The van der Waals surface area contributed by atoms with Gasteiger partial charge in [-0.25, -0.2) is 0 Å². The molecule has 116 valence electrons. The minimum absolute atomic E-state index is 0.0266. The lowest BCUT2D eigenvalue weighted by Gasteiger charge is -2.14. The monoisotopic (exact) mass is 326 g/mol. The van der Waals surface area contributed by atoms with Crippen molar-refractivity contribution in [1.29, 1.82) is 0 Å². The van der Waals surface area contributed by atoms with Gasteiger partial charge < -0.3 is 5.11 Å². The highest BCUT2D eigenvalue weighted by Crippen LogP contribution is 2.31. The maximum absolute atomic E-state index is 12.7. The van der Waals surface area contributed by atoms with Gasteiger partial charge in [-0.15, -0.1) is 11.8 Å². The zero-order valence-electron chi connectivity index (χ0n) is 11.4. The molecule has 1 atom stereocenters. The summed E-state index contributed by atoms with van der Waals surface area (Å²) in [6.07, 6.45) is -4.40. The topological polar surface area (TPSA) is 37.3 Å². The fraction of sp³-hybridized carbons (Fsp3) is 0.188. The average molecular weight is 326 g/mol. The van der Waals surface area contributed by atoms with Crippen LogP contribution < -0.4 is 0 Å². The van der Waals surface area contributed by atoms with E-state index in [1.165, 1.54) is 12.1 Å². The molecule has 0 aliphatic rings. The summed E-state index contributed by atoms with van der Waals surface area (Å²) in [5, 5.41) is 8.44. The first kappa shape index (κ1) is 16.4. The molecule has 0 aromatic heterocycles. The largest absolute Gasteiger partial charge is 0.480 e. The van der Waals surface area contributed by atoms with Crippen molar-refractivity contribution in [1.82, 2.24) is 0 Å². The number of hydrogen-bond donors (Lipinski definition) is 1. The molecule has 0 amide bonds. The van der Waals surface area contributed by atoms with E-state index in [1.807, 2.05) is 6.07 Å². The Bertz CT molecular complexity index is 641. The fourth-order valence-electron chi connectivity index (χ4n) is 1.93. The third-order valence-electron chi connectivity index (χ3n) is 2.97. The molecule has 0 fully saturated rings. The van der Waals surface area contributed by atoms with Crippen LogP contribution in [-0.2, 0) is 17.4 Å². The first-order chi connectivity index (χ1) is 10.4. The van der Waals surface area contributed by atoms with E-state index < -0.39 is 23.0 Å². The van der Waals surface area contributed by atoms with Crippen LogP contribution in [0, 0.1) is 0 Å². The minimum Gasteiger partial charge on any atom is -0.480 e. The van der Waals surface area contributed by atoms with E-state index in [9.17, 15) is 23.1 Å². The fourth-order valence-corrected chi connectivity index (χ4v) is 2.95. The second-order valence-corrected chi connectivity index (χ2v) is 5.94. The van der Waals surface area contributed by atoms with Gasteiger partial charge in [-0.3, -0.25) is 4.79 Å². The van der Waals surface area contributed by atoms with Crippen LogP contribution in [0.1, 0.15) is 11.1 Å². The summed E-state index contributed by atoms with van der Waals surface area (Å²) in [6.45, 7) is 0. The van der Waals surface area contributed by atoms with Crippen LogP contribution >= 0.6 is 11.8 Å². The Morgan fingerprint density at radius 2 is 1.77 bits per heavy atom. The Hall–Kier alpha value is -1.95. The second kappa shape index (κ2) is 6.87. The van der Waals surface area contributed by atoms with Crippen LogP contribution in [-0.4, -0.2) is 16.3 Å². The quantitative estimate of drug-likeness (QED) is 0.822. The number of benzene rings is 2. The summed E-state index contributed by atoms with van der Waals surface area (Å²) < 4.78 is 38.1. The smallest absolute Gasteiger partial charge is 0.416 e. The molecule has 0 aliphatic heterocycles. The van der Waals surface area contributed by atoms with Gasteiger partial charge in [0, 0.05) is 4.90 Å². The molecule has 1 N–H and O–H groups in total. The molecule has 2 nitrogen and oxygen atoms in total. The Labute approximate surface area is 130 Å². The zero-order chi connectivity index (χ0) is 16.2. The van der Waals surface area contributed by atoms with E-state index in [1.54, 1.807) is 24.3 Å². The Morgan fingerprint density at radius 1 is 1.09 bits per heavy atom. The number of aliphatic carboxylic acids is 1. The van der Waals surface area contributed by atoms with Crippen molar-refractivity contribution in [3.63, 3.8) is 0 Å².